The van der Waals surface area contributed by atoms with Gasteiger partial charge in [0.15, 0.2) is 0 Å². The van der Waals surface area contributed by atoms with Crippen LogP contribution in [0, 0.1) is 11.8 Å². The number of pyridine rings is 2. The van der Waals surface area contributed by atoms with E-state index in [0.29, 0.717) is 43.9 Å². The number of amides is 3. The van der Waals surface area contributed by atoms with Gasteiger partial charge in [-0.05, 0) is 47.3 Å². The molecule has 2 aliphatic heterocycles. The van der Waals surface area contributed by atoms with E-state index in [4.69, 9.17) is 9.97 Å². The second-order valence-corrected chi connectivity index (χ2v) is 11.7. The molecule has 0 bridgehead atoms. The maximum absolute atomic E-state index is 12.7. The molecule has 5 heterocycles. The minimum atomic E-state index is -0.269. The second-order valence-electron chi connectivity index (χ2n) is 11.7. The lowest BCUT2D eigenvalue weighted by molar-refractivity contribution is -0.130. The number of imidazole rings is 1. The van der Waals surface area contributed by atoms with E-state index in [1.54, 1.807) is 25.3 Å². The SMILES string of the molecule is CCc1nc(-c2cccc3cc(-c4ccc(C(=O)NCCC#Cc5ccc6c(c5)CNC6=O)nc4)ncc23)c2n1CCN(C(C)=O)C2. The highest BCUT2D eigenvalue weighted by Gasteiger charge is 2.26. The highest BCUT2D eigenvalue weighted by molar-refractivity contribution is 5.99. The van der Waals surface area contributed by atoms with Crippen molar-refractivity contribution >= 4 is 28.5 Å². The Kier molecular flexibility index (Phi) is 7.96. The Morgan fingerprint density at radius 2 is 1.91 bits per heavy atom. The highest BCUT2D eigenvalue weighted by Crippen LogP contribution is 2.34. The maximum atomic E-state index is 12.7. The first-order chi connectivity index (χ1) is 22.9. The molecular formula is C37H33N7O3. The third kappa shape index (κ3) is 5.84. The van der Waals surface area contributed by atoms with Crippen LogP contribution in [-0.4, -0.2) is 55.2 Å². The van der Waals surface area contributed by atoms with E-state index in [0.717, 1.165) is 68.9 Å². The number of benzene rings is 2. The van der Waals surface area contributed by atoms with Gasteiger partial charge in [0.25, 0.3) is 11.8 Å². The molecule has 10 heteroatoms. The molecule has 234 valence electrons. The van der Waals surface area contributed by atoms with E-state index in [1.807, 2.05) is 41.4 Å². The van der Waals surface area contributed by atoms with Crippen LogP contribution < -0.4 is 10.6 Å². The largest absolute Gasteiger partial charge is 0.350 e. The van der Waals surface area contributed by atoms with Crippen LogP contribution in [0.15, 0.2) is 67.0 Å². The van der Waals surface area contributed by atoms with Crippen LogP contribution in [-0.2, 0) is 30.8 Å². The molecule has 7 rings (SSSR count). The van der Waals surface area contributed by atoms with Crippen LogP contribution in [0.5, 0.6) is 0 Å². The van der Waals surface area contributed by atoms with Crippen molar-refractivity contribution in [1.29, 1.82) is 0 Å². The second kappa shape index (κ2) is 12.5. The number of aryl methyl sites for hydroxylation is 1. The first-order valence-electron chi connectivity index (χ1n) is 15.8. The van der Waals surface area contributed by atoms with Gasteiger partial charge < -0.3 is 20.1 Å². The number of hydrogen-bond donors (Lipinski definition) is 2. The van der Waals surface area contributed by atoms with Gasteiger partial charge >= 0.3 is 0 Å². The molecule has 2 N–H and O–H groups in total. The van der Waals surface area contributed by atoms with Crippen molar-refractivity contribution in [2.24, 2.45) is 0 Å². The van der Waals surface area contributed by atoms with Crippen LogP contribution in [0.25, 0.3) is 33.3 Å². The summed E-state index contributed by atoms with van der Waals surface area (Å²) in [5.41, 5.74) is 7.31. The Hall–Kier alpha value is -5.82. The summed E-state index contributed by atoms with van der Waals surface area (Å²) < 4.78 is 2.25. The van der Waals surface area contributed by atoms with Crippen molar-refractivity contribution in [3.8, 4) is 34.4 Å². The van der Waals surface area contributed by atoms with Gasteiger partial charge in [-0.1, -0.05) is 37.0 Å². The van der Waals surface area contributed by atoms with Crippen molar-refractivity contribution in [2.75, 3.05) is 13.1 Å². The van der Waals surface area contributed by atoms with Crippen LogP contribution in [0.2, 0.25) is 0 Å². The molecular weight excluding hydrogens is 590 g/mol. The van der Waals surface area contributed by atoms with E-state index in [-0.39, 0.29) is 17.7 Å². The first kappa shape index (κ1) is 29.9. The molecule has 2 aromatic carbocycles. The van der Waals surface area contributed by atoms with E-state index < -0.39 is 0 Å². The Morgan fingerprint density at radius 3 is 2.72 bits per heavy atom. The zero-order chi connectivity index (χ0) is 32.5. The highest BCUT2D eigenvalue weighted by atomic mass is 16.2. The van der Waals surface area contributed by atoms with Crippen molar-refractivity contribution in [1.82, 2.24) is 35.1 Å². The minimum absolute atomic E-state index is 0.0503. The van der Waals surface area contributed by atoms with Crippen molar-refractivity contribution < 1.29 is 14.4 Å². The molecule has 0 saturated carbocycles. The summed E-state index contributed by atoms with van der Waals surface area (Å²) in [4.78, 5) is 52.6. The van der Waals surface area contributed by atoms with Crippen molar-refractivity contribution in [3.63, 3.8) is 0 Å². The van der Waals surface area contributed by atoms with Gasteiger partial charge in [-0.2, -0.15) is 0 Å². The average Bonchev–Trinajstić information content (AvgIpc) is 3.66. The fourth-order valence-corrected chi connectivity index (χ4v) is 6.22. The fraction of sp³-hybridized carbons (Fsp3) is 0.243. The van der Waals surface area contributed by atoms with Crippen LogP contribution >= 0.6 is 0 Å². The van der Waals surface area contributed by atoms with E-state index in [1.165, 1.54) is 0 Å². The molecule has 3 amide bonds. The number of rotatable bonds is 6. The summed E-state index contributed by atoms with van der Waals surface area (Å²) in [5, 5.41) is 7.67. The number of carbonyl (C=O) groups excluding carboxylic acids is 3. The molecule has 47 heavy (non-hydrogen) atoms. The lowest BCUT2D eigenvalue weighted by Crippen LogP contribution is -2.37. The van der Waals surface area contributed by atoms with Gasteiger partial charge in [0, 0.05) is 86.0 Å². The van der Waals surface area contributed by atoms with Crippen LogP contribution in [0.1, 0.15) is 63.8 Å². The summed E-state index contributed by atoms with van der Waals surface area (Å²) in [5.74, 6) is 6.94. The van der Waals surface area contributed by atoms with Gasteiger partial charge in [0.05, 0.1) is 23.6 Å². The Labute approximate surface area is 272 Å². The molecule has 0 fully saturated rings. The van der Waals surface area contributed by atoms with Gasteiger partial charge in [-0.3, -0.25) is 24.4 Å². The summed E-state index contributed by atoms with van der Waals surface area (Å²) >= 11 is 0. The molecule has 0 radical (unpaired) electrons. The molecule has 10 nitrogen and oxygen atoms in total. The van der Waals surface area contributed by atoms with Crippen molar-refractivity contribution in [3.05, 3.63) is 101 Å². The lowest BCUT2D eigenvalue weighted by Gasteiger charge is -2.28. The summed E-state index contributed by atoms with van der Waals surface area (Å²) in [6.45, 7) is 6.60. The van der Waals surface area contributed by atoms with Gasteiger partial charge in [-0.15, -0.1) is 0 Å². The third-order valence-corrected chi connectivity index (χ3v) is 8.72. The molecule has 0 atom stereocenters. The smallest absolute Gasteiger partial charge is 0.269 e. The summed E-state index contributed by atoms with van der Waals surface area (Å²) in [6.07, 6.45) is 4.82. The van der Waals surface area contributed by atoms with E-state index >= 15 is 0 Å². The molecule has 2 aliphatic rings. The predicted octanol–water partition coefficient (Wildman–Crippen LogP) is 4.50. The Balaban J connectivity index is 1.03. The first-order valence-corrected chi connectivity index (χ1v) is 15.8. The quantitative estimate of drug-likeness (QED) is 0.212. The minimum Gasteiger partial charge on any atom is -0.350 e. The zero-order valence-electron chi connectivity index (χ0n) is 26.3. The topological polar surface area (TPSA) is 122 Å². The number of carbonyl (C=O) groups is 3. The molecule has 0 unspecified atom stereocenters. The van der Waals surface area contributed by atoms with Gasteiger partial charge in [0.1, 0.15) is 11.5 Å². The van der Waals surface area contributed by atoms with Crippen LogP contribution in [0.4, 0.5) is 0 Å². The number of aromatic nitrogens is 4. The van der Waals surface area contributed by atoms with E-state index in [2.05, 4.69) is 51.1 Å². The summed E-state index contributed by atoms with van der Waals surface area (Å²) in [7, 11) is 0. The molecule has 0 saturated heterocycles. The lowest BCUT2D eigenvalue weighted by atomic mass is 10.0. The normalized spacial score (nSPS) is 13.4. The maximum Gasteiger partial charge on any atom is 0.269 e. The number of hydrogen-bond acceptors (Lipinski definition) is 6. The summed E-state index contributed by atoms with van der Waals surface area (Å²) in [6, 6.07) is 17.3. The van der Waals surface area contributed by atoms with Crippen LogP contribution in [0.3, 0.4) is 0 Å². The Morgan fingerprint density at radius 1 is 1.02 bits per heavy atom. The van der Waals surface area contributed by atoms with Gasteiger partial charge in [0.2, 0.25) is 5.91 Å². The molecule has 3 aromatic heterocycles. The Bertz CT molecular complexity index is 2120. The number of nitrogens with one attached hydrogen (secondary N) is 2. The number of nitrogens with zero attached hydrogens (tertiary/aromatic N) is 5. The predicted molar refractivity (Wildman–Crippen MR) is 178 cm³/mol. The standard InChI is InChI=1S/C37H33N7O3/c1-3-34-42-35(33-22-43(23(2)45)15-16-44(33)34)29-9-6-8-25-18-32(40-21-30(25)29)26-11-13-31(39-19-26)37(47)38-14-5-4-7-24-10-12-28-27(17-24)20-41-36(28)46/h6,8-13,17-19,21H,3,5,14-16,20,22H2,1-2H3,(H,38,47)(H,41,46). The van der Waals surface area contributed by atoms with Crippen molar-refractivity contribution in [2.45, 2.75) is 46.3 Å². The molecule has 0 aliphatic carbocycles. The molecule has 5 aromatic rings. The zero-order valence-corrected chi connectivity index (χ0v) is 26.3. The average molecular weight is 624 g/mol. The third-order valence-electron chi connectivity index (χ3n) is 8.72. The molecule has 0 spiro atoms. The number of fused-ring (bicyclic) bond motifs is 3. The fourth-order valence-electron chi connectivity index (χ4n) is 6.22. The van der Waals surface area contributed by atoms with Gasteiger partial charge in [-0.25, -0.2) is 4.98 Å². The monoisotopic (exact) mass is 623 g/mol. The van der Waals surface area contributed by atoms with E-state index in [9.17, 15) is 14.4 Å².